The lowest BCUT2D eigenvalue weighted by molar-refractivity contribution is 0.103. The zero-order chi connectivity index (χ0) is 17.1. The number of nitrogens with one attached hydrogen (secondary N) is 1. The van der Waals surface area contributed by atoms with Crippen LogP contribution in [-0.2, 0) is 0 Å². The number of hydrogen-bond acceptors (Lipinski definition) is 3. The number of rotatable bonds is 4. The van der Waals surface area contributed by atoms with Gasteiger partial charge in [-0.05, 0) is 60.5 Å². The van der Waals surface area contributed by atoms with Crippen LogP contribution in [0.25, 0.3) is 11.1 Å². The number of halogens is 1. The maximum atomic E-state index is 12.9. The summed E-state index contributed by atoms with van der Waals surface area (Å²) in [5.74, 6) is 0.261. The quantitative estimate of drug-likeness (QED) is 0.715. The number of hydrogen-bond donors (Lipinski definition) is 1. The minimum absolute atomic E-state index is 0.200. The van der Waals surface area contributed by atoms with Gasteiger partial charge in [0.2, 0.25) is 0 Å². The molecule has 5 heteroatoms. The van der Waals surface area contributed by atoms with E-state index in [0.29, 0.717) is 10.6 Å². The second-order valence-corrected chi connectivity index (χ2v) is 6.53. The average molecular weight is 341 g/mol. The Morgan fingerprint density at radius 1 is 1.08 bits per heavy atom. The fourth-order valence-corrected chi connectivity index (χ4v) is 3.31. The van der Waals surface area contributed by atoms with Gasteiger partial charge in [0, 0.05) is 10.6 Å². The lowest BCUT2D eigenvalue weighted by Crippen LogP contribution is -2.09. The van der Waals surface area contributed by atoms with Crippen LogP contribution in [-0.4, -0.2) is 13.0 Å². The average Bonchev–Trinajstić information content (AvgIpc) is 2.99. The van der Waals surface area contributed by atoms with Crippen LogP contribution < -0.4 is 10.1 Å². The van der Waals surface area contributed by atoms with E-state index in [-0.39, 0.29) is 11.7 Å². The molecule has 1 heterocycles. The van der Waals surface area contributed by atoms with E-state index >= 15 is 0 Å². The van der Waals surface area contributed by atoms with E-state index in [2.05, 4.69) is 5.32 Å². The summed E-state index contributed by atoms with van der Waals surface area (Å²) in [6.07, 6.45) is 0. The third-order valence-corrected chi connectivity index (χ3v) is 4.69. The number of anilines is 1. The van der Waals surface area contributed by atoms with Crippen LogP contribution in [0.2, 0.25) is 0 Å². The molecule has 3 rings (SSSR count). The highest BCUT2D eigenvalue weighted by atomic mass is 32.1. The Balaban J connectivity index is 1.82. The van der Waals surface area contributed by atoms with Crippen molar-refractivity contribution in [3.63, 3.8) is 0 Å². The molecule has 0 bridgehead atoms. The second kappa shape index (κ2) is 6.84. The van der Waals surface area contributed by atoms with Crippen LogP contribution in [0.5, 0.6) is 5.75 Å². The van der Waals surface area contributed by atoms with Crippen LogP contribution in [0, 0.1) is 12.7 Å². The Morgan fingerprint density at radius 3 is 2.38 bits per heavy atom. The summed E-state index contributed by atoms with van der Waals surface area (Å²) in [5, 5.41) is 2.78. The first-order valence-electron chi connectivity index (χ1n) is 7.38. The van der Waals surface area contributed by atoms with Crippen molar-refractivity contribution in [1.29, 1.82) is 0 Å². The fraction of sp³-hybridized carbons (Fsp3) is 0.105. The molecule has 122 valence electrons. The third kappa shape index (κ3) is 3.46. The summed E-state index contributed by atoms with van der Waals surface area (Å²) < 4.78 is 18.1. The molecule has 0 aliphatic rings. The van der Waals surface area contributed by atoms with Crippen molar-refractivity contribution < 1.29 is 13.9 Å². The number of amides is 1. The highest BCUT2D eigenvalue weighted by molar-refractivity contribution is 7.14. The zero-order valence-electron chi connectivity index (χ0n) is 13.3. The van der Waals surface area contributed by atoms with Crippen molar-refractivity contribution in [3.8, 4) is 16.9 Å². The maximum absolute atomic E-state index is 12.9. The topological polar surface area (TPSA) is 38.3 Å². The molecule has 0 atom stereocenters. The van der Waals surface area contributed by atoms with Gasteiger partial charge in [0.05, 0.1) is 12.0 Å². The van der Waals surface area contributed by atoms with E-state index in [9.17, 15) is 9.18 Å². The Hall–Kier alpha value is -2.66. The number of carbonyl (C=O) groups excluding carboxylic acids is 1. The molecule has 3 nitrogen and oxygen atoms in total. The Kier molecular flexibility index (Phi) is 4.62. The lowest BCUT2D eigenvalue weighted by Gasteiger charge is -2.03. The predicted octanol–water partition coefficient (Wildman–Crippen LogP) is 5.12. The van der Waals surface area contributed by atoms with Crippen LogP contribution >= 0.6 is 11.3 Å². The molecule has 24 heavy (non-hydrogen) atoms. The first kappa shape index (κ1) is 16.2. The van der Waals surface area contributed by atoms with Gasteiger partial charge >= 0.3 is 0 Å². The van der Waals surface area contributed by atoms with E-state index in [4.69, 9.17) is 4.74 Å². The number of carbonyl (C=O) groups is 1. The Labute approximate surface area is 143 Å². The second-order valence-electron chi connectivity index (χ2n) is 5.27. The molecular formula is C19H16FNO2S. The first-order valence-corrected chi connectivity index (χ1v) is 8.20. The standard InChI is InChI=1S/C19H16FNO2S/c1-12-17(13-3-9-16(23-2)10-4-13)11-18(24-12)19(22)21-15-7-5-14(20)6-8-15/h3-11H,1-2H3,(H,21,22). The number of thiophene rings is 1. The summed E-state index contributed by atoms with van der Waals surface area (Å²) >= 11 is 1.43. The Morgan fingerprint density at radius 2 is 1.75 bits per heavy atom. The molecule has 3 aromatic rings. The number of benzene rings is 2. The smallest absolute Gasteiger partial charge is 0.265 e. The molecule has 2 aromatic carbocycles. The molecular weight excluding hydrogens is 325 g/mol. The number of aryl methyl sites for hydroxylation is 1. The van der Waals surface area contributed by atoms with E-state index in [1.807, 2.05) is 37.3 Å². The summed E-state index contributed by atoms with van der Waals surface area (Å²) in [6, 6.07) is 15.3. The maximum Gasteiger partial charge on any atom is 0.265 e. The van der Waals surface area contributed by atoms with Crippen molar-refractivity contribution in [2.45, 2.75) is 6.92 Å². The SMILES string of the molecule is COc1ccc(-c2cc(C(=O)Nc3ccc(F)cc3)sc2C)cc1. The molecule has 0 aliphatic carbocycles. The Bertz CT molecular complexity index is 854. The van der Waals surface area contributed by atoms with E-state index in [1.165, 1.54) is 35.6 Å². The van der Waals surface area contributed by atoms with Crippen molar-refractivity contribution in [1.82, 2.24) is 0 Å². The highest BCUT2D eigenvalue weighted by Crippen LogP contribution is 2.32. The van der Waals surface area contributed by atoms with Crippen LogP contribution in [0.4, 0.5) is 10.1 Å². The largest absolute Gasteiger partial charge is 0.497 e. The first-order chi connectivity index (χ1) is 11.6. The van der Waals surface area contributed by atoms with Gasteiger partial charge in [-0.3, -0.25) is 4.79 Å². The minimum atomic E-state index is -0.332. The molecule has 1 aromatic heterocycles. The molecule has 0 saturated carbocycles. The monoisotopic (exact) mass is 341 g/mol. The molecule has 0 aliphatic heterocycles. The molecule has 1 N–H and O–H groups in total. The predicted molar refractivity (Wildman–Crippen MR) is 95.4 cm³/mol. The van der Waals surface area contributed by atoms with Crippen LogP contribution in [0.1, 0.15) is 14.5 Å². The van der Waals surface area contributed by atoms with Gasteiger partial charge in [-0.15, -0.1) is 11.3 Å². The van der Waals surface area contributed by atoms with Gasteiger partial charge < -0.3 is 10.1 Å². The highest BCUT2D eigenvalue weighted by Gasteiger charge is 2.14. The van der Waals surface area contributed by atoms with Gasteiger partial charge in [0.25, 0.3) is 5.91 Å². The summed E-state index contributed by atoms with van der Waals surface area (Å²) in [7, 11) is 1.63. The van der Waals surface area contributed by atoms with Crippen molar-refractivity contribution >= 4 is 22.9 Å². The molecule has 1 amide bonds. The molecule has 0 radical (unpaired) electrons. The van der Waals surface area contributed by atoms with Gasteiger partial charge in [0.1, 0.15) is 11.6 Å². The van der Waals surface area contributed by atoms with Crippen LogP contribution in [0.15, 0.2) is 54.6 Å². The molecule has 0 spiro atoms. The van der Waals surface area contributed by atoms with E-state index in [1.54, 1.807) is 7.11 Å². The molecule has 0 fully saturated rings. The van der Waals surface area contributed by atoms with E-state index < -0.39 is 0 Å². The van der Waals surface area contributed by atoms with Gasteiger partial charge in [-0.25, -0.2) is 4.39 Å². The van der Waals surface area contributed by atoms with Crippen LogP contribution in [0.3, 0.4) is 0 Å². The van der Waals surface area contributed by atoms with Gasteiger partial charge in [0.15, 0.2) is 0 Å². The normalized spacial score (nSPS) is 10.5. The zero-order valence-corrected chi connectivity index (χ0v) is 14.1. The lowest BCUT2D eigenvalue weighted by atomic mass is 10.1. The van der Waals surface area contributed by atoms with Gasteiger partial charge in [-0.1, -0.05) is 12.1 Å². The summed E-state index contributed by atoms with van der Waals surface area (Å²) in [6.45, 7) is 1.99. The van der Waals surface area contributed by atoms with Crippen molar-refractivity contribution in [3.05, 3.63) is 70.2 Å². The number of methoxy groups -OCH3 is 1. The summed E-state index contributed by atoms with van der Waals surface area (Å²) in [5.41, 5.74) is 2.62. The summed E-state index contributed by atoms with van der Waals surface area (Å²) in [4.78, 5) is 14.1. The van der Waals surface area contributed by atoms with Gasteiger partial charge in [-0.2, -0.15) is 0 Å². The fourth-order valence-electron chi connectivity index (χ4n) is 2.38. The number of ether oxygens (including phenoxy) is 1. The molecule has 0 unspecified atom stereocenters. The third-order valence-electron chi connectivity index (χ3n) is 3.64. The van der Waals surface area contributed by atoms with Crippen molar-refractivity contribution in [2.24, 2.45) is 0 Å². The van der Waals surface area contributed by atoms with Crippen molar-refractivity contribution in [2.75, 3.05) is 12.4 Å². The minimum Gasteiger partial charge on any atom is -0.497 e. The van der Waals surface area contributed by atoms with E-state index in [0.717, 1.165) is 21.8 Å². The molecule has 0 saturated heterocycles.